The van der Waals surface area contributed by atoms with Gasteiger partial charge in [-0.1, -0.05) is 30.3 Å². The molecule has 0 fully saturated rings. The van der Waals surface area contributed by atoms with Crippen LogP contribution in [0.2, 0.25) is 0 Å². The first-order valence-electron chi connectivity index (χ1n) is 9.40. The van der Waals surface area contributed by atoms with E-state index in [4.69, 9.17) is 0 Å². The summed E-state index contributed by atoms with van der Waals surface area (Å²) in [5.41, 5.74) is 4.22. The van der Waals surface area contributed by atoms with Gasteiger partial charge in [-0.15, -0.1) is 0 Å². The second kappa shape index (κ2) is 8.27. The molecule has 9 heteroatoms. The lowest BCUT2D eigenvalue weighted by atomic mass is 10.1. The molecule has 158 valence electrons. The summed E-state index contributed by atoms with van der Waals surface area (Å²) < 4.78 is 23.3. The highest BCUT2D eigenvalue weighted by Crippen LogP contribution is 2.22. The van der Waals surface area contributed by atoms with Gasteiger partial charge < -0.3 is 4.90 Å². The van der Waals surface area contributed by atoms with Crippen molar-refractivity contribution in [1.29, 1.82) is 0 Å². The SMILES string of the molecule is C[C@@H]1N=C(C(=O)N(C)[C@H](C)c2ccc(S(C)(=O)=O)cc2)NN(c2ccccc2)C1=O. The van der Waals surface area contributed by atoms with Gasteiger partial charge in [0.05, 0.1) is 16.6 Å². The van der Waals surface area contributed by atoms with Gasteiger partial charge in [0.25, 0.3) is 11.8 Å². The number of rotatable bonds is 5. The molecule has 2 aromatic carbocycles. The molecule has 0 aliphatic carbocycles. The van der Waals surface area contributed by atoms with E-state index in [1.165, 1.54) is 22.0 Å². The number of nitrogens with one attached hydrogen (secondary N) is 1. The Hall–Kier alpha value is -3.20. The van der Waals surface area contributed by atoms with Crippen LogP contribution in [-0.2, 0) is 19.4 Å². The van der Waals surface area contributed by atoms with Crippen LogP contribution >= 0.6 is 0 Å². The van der Waals surface area contributed by atoms with E-state index in [9.17, 15) is 18.0 Å². The molecular weight excluding hydrogens is 404 g/mol. The van der Waals surface area contributed by atoms with Gasteiger partial charge in [-0.3, -0.25) is 15.0 Å². The lowest BCUT2D eigenvalue weighted by Gasteiger charge is -2.33. The number of amides is 2. The molecule has 1 aliphatic heterocycles. The molecule has 2 atom stereocenters. The number of hydrogen-bond donors (Lipinski definition) is 1. The number of hydrogen-bond acceptors (Lipinski definition) is 6. The van der Waals surface area contributed by atoms with Crippen molar-refractivity contribution < 1.29 is 18.0 Å². The topological polar surface area (TPSA) is 99.2 Å². The first kappa shape index (κ1) is 21.5. The number of likely N-dealkylation sites (N-methyl/N-ethyl adjacent to an activating group) is 1. The van der Waals surface area contributed by atoms with E-state index >= 15 is 0 Å². The number of anilines is 1. The molecule has 3 rings (SSSR count). The van der Waals surface area contributed by atoms with Crippen LogP contribution in [0.1, 0.15) is 25.5 Å². The largest absolute Gasteiger partial charge is 0.332 e. The van der Waals surface area contributed by atoms with Crippen LogP contribution in [0.3, 0.4) is 0 Å². The van der Waals surface area contributed by atoms with Gasteiger partial charge in [-0.05, 0) is 43.7 Å². The maximum atomic E-state index is 13.1. The summed E-state index contributed by atoms with van der Waals surface area (Å²) in [6.45, 7) is 3.47. The summed E-state index contributed by atoms with van der Waals surface area (Å²) in [7, 11) is -1.66. The summed E-state index contributed by atoms with van der Waals surface area (Å²) >= 11 is 0. The van der Waals surface area contributed by atoms with E-state index < -0.39 is 15.9 Å². The first-order chi connectivity index (χ1) is 14.1. The van der Waals surface area contributed by atoms with Crippen LogP contribution in [0.25, 0.3) is 0 Å². The van der Waals surface area contributed by atoms with Gasteiger partial charge in [-0.2, -0.15) is 0 Å². The monoisotopic (exact) mass is 428 g/mol. The van der Waals surface area contributed by atoms with Crippen LogP contribution in [0.15, 0.2) is 64.5 Å². The van der Waals surface area contributed by atoms with Crippen molar-refractivity contribution in [3.8, 4) is 0 Å². The molecule has 0 aromatic heterocycles. The molecule has 1 N–H and O–H groups in total. The normalized spacial score (nSPS) is 17.7. The van der Waals surface area contributed by atoms with Crippen molar-refractivity contribution in [2.24, 2.45) is 4.99 Å². The number of amidine groups is 1. The number of aliphatic imine (C=N–C) groups is 1. The molecule has 1 aliphatic rings. The number of carbonyl (C=O) groups is 2. The molecule has 0 saturated heterocycles. The summed E-state index contributed by atoms with van der Waals surface area (Å²) in [5.74, 6) is -0.576. The molecule has 1 heterocycles. The predicted octanol–water partition coefficient (Wildman–Crippen LogP) is 1.95. The average molecular weight is 429 g/mol. The number of benzene rings is 2. The van der Waals surface area contributed by atoms with Gasteiger partial charge in [-0.25, -0.2) is 18.4 Å². The second-order valence-corrected chi connectivity index (χ2v) is 9.22. The predicted molar refractivity (Wildman–Crippen MR) is 115 cm³/mol. The number of nitrogens with zero attached hydrogens (tertiary/aromatic N) is 3. The van der Waals surface area contributed by atoms with Gasteiger partial charge in [0, 0.05) is 13.3 Å². The van der Waals surface area contributed by atoms with Gasteiger partial charge in [0.1, 0.15) is 6.04 Å². The Morgan fingerprint density at radius 3 is 2.30 bits per heavy atom. The number of para-hydroxylation sites is 1. The summed E-state index contributed by atoms with van der Waals surface area (Å²) in [6.07, 6.45) is 1.15. The van der Waals surface area contributed by atoms with Crippen molar-refractivity contribution in [3.05, 3.63) is 60.2 Å². The number of hydrazine groups is 1. The first-order valence-corrected chi connectivity index (χ1v) is 11.3. The summed E-state index contributed by atoms with van der Waals surface area (Å²) in [5, 5.41) is 1.32. The molecular formula is C21H24N4O4S. The minimum absolute atomic E-state index is 0.0630. The number of carbonyl (C=O) groups excluding carboxylic acids is 2. The van der Waals surface area contributed by atoms with Crippen molar-refractivity contribution in [2.45, 2.75) is 30.8 Å². The molecule has 0 bridgehead atoms. The second-order valence-electron chi connectivity index (χ2n) is 7.21. The Morgan fingerprint density at radius 1 is 1.13 bits per heavy atom. The summed E-state index contributed by atoms with van der Waals surface area (Å²) in [6, 6.07) is 14.3. The molecule has 0 radical (unpaired) electrons. The number of sulfone groups is 1. The molecule has 0 saturated carbocycles. The van der Waals surface area contributed by atoms with Crippen LogP contribution in [0.5, 0.6) is 0 Å². The van der Waals surface area contributed by atoms with Gasteiger partial charge >= 0.3 is 0 Å². The highest BCUT2D eigenvalue weighted by Gasteiger charge is 2.33. The molecule has 8 nitrogen and oxygen atoms in total. The average Bonchev–Trinajstić information content (AvgIpc) is 2.74. The highest BCUT2D eigenvalue weighted by molar-refractivity contribution is 7.90. The van der Waals surface area contributed by atoms with E-state index in [0.717, 1.165) is 11.8 Å². The molecule has 2 amide bonds. The Labute approximate surface area is 176 Å². The zero-order valence-corrected chi connectivity index (χ0v) is 18.1. The van der Waals surface area contributed by atoms with E-state index in [0.29, 0.717) is 5.69 Å². The van der Waals surface area contributed by atoms with E-state index in [-0.39, 0.29) is 28.6 Å². The van der Waals surface area contributed by atoms with Crippen LogP contribution < -0.4 is 10.4 Å². The highest BCUT2D eigenvalue weighted by atomic mass is 32.2. The smallest absolute Gasteiger partial charge is 0.290 e. The van der Waals surface area contributed by atoms with Crippen molar-refractivity contribution >= 4 is 33.2 Å². The fraction of sp³-hybridized carbons (Fsp3) is 0.286. The standard InChI is InChI=1S/C21H24N4O4S/c1-14-20(26)25(17-8-6-5-7-9-17)23-19(22-14)21(27)24(3)15(2)16-10-12-18(13-11-16)30(4,28)29/h5-15H,1-4H3,(H,22,23)/t14-,15+/m0/s1. The Bertz CT molecular complexity index is 1080. The Morgan fingerprint density at radius 2 is 1.73 bits per heavy atom. The minimum Gasteiger partial charge on any atom is -0.332 e. The van der Waals surface area contributed by atoms with Crippen LogP contribution in [0, 0.1) is 0 Å². The van der Waals surface area contributed by atoms with Crippen molar-refractivity contribution in [1.82, 2.24) is 10.3 Å². The zero-order chi connectivity index (χ0) is 22.1. The van der Waals surface area contributed by atoms with Gasteiger partial charge in [0.2, 0.25) is 5.84 Å². The molecule has 2 aromatic rings. The molecule has 0 spiro atoms. The van der Waals surface area contributed by atoms with Crippen LogP contribution in [-0.4, -0.2) is 50.3 Å². The Balaban J connectivity index is 1.81. The van der Waals surface area contributed by atoms with E-state index in [1.54, 1.807) is 50.4 Å². The quantitative estimate of drug-likeness (QED) is 0.785. The third-order valence-corrected chi connectivity index (χ3v) is 6.16. The molecule has 0 unspecified atom stereocenters. The van der Waals surface area contributed by atoms with Crippen molar-refractivity contribution in [2.75, 3.05) is 18.3 Å². The third-order valence-electron chi connectivity index (χ3n) is 5.03. The Kier molecular flexibility index (Phi) is 5.93. The van der Waals surface area contributed by atoms with Crippen molar-refractivity contribution in [3.63, 3.8) is 0 Å². The lowest BCUT2D eigenvalue weighted by Crippen LogP contribution is -2.58. The fourth-order valence-electron chi connectivity index (χ4n) is 3.06. The van der Waals surface area contributed by atoms with Crippen LogP contribution in [0.4, 0.5) is 5.69 Å². The maximum absolute atomic E-state index is 13.1. The summed E-state index contributed by atoms with van der Waals surface area (Å²) in [4.78, 5) is 31.5. The van der Waals surface area contributed by atoms with E-state index in [2.05, 4.69) is 10.4 Å². The fourth-order valence-corrected chi connectivity index (χ4v) is 3.69. The lowest BCUT2D eigenvalue weighted by molar-refractivity contribution is -0.125. The molecule has 30 heavy (non-hydrogen) atoms. The van der Waals surface area contributed by atoms with Gasteiger partial charge in [0.15, 0.2) is 9.84 Å². The van der Waals surface area contributed by atoms with E-state index in [1.807, 2.05) is 13.0 Å². The minimum atomic E-state index is -3.29. The third kappa shape index (κ3) is 4.35. The zero-order valence-electron chi connectivity index (χ0n) is 17.2. The maximum Gasteiger partial charge on any atom is 0.290 e.